The third-order valence-corrected chi connectivity index (χ3v) is 12.8. The van der Waals surface area contributed by atoms with Crippen molar-refractivity contribution in [2.24, 2.45) is 5.92 Å². The van der Waals surface area contributed by atoms with Crippen LogP contribution in [0.25, 0.3) is 11.1 Å². The molecule has 2 heterocycles. The average Bonchev–Trinajstić information content (AvgIpc) is 3.81. The normalized spacial score (nSPS) is 18.4. The number of hydrogen-bond acceptors (Lipinski definition) is 8. The number of rotatable bonds is 7. The maximum atomic E-state index is 13.6. The van der Waals surface area contributed by atoms with Crippen molar-refractivity contribution in [2.45, 2.75) is 44.1 Å². The largest absolute Gasteiger partial charge is 0.423 e. The Morgan fingerprint density at radius 2 is 0.934 bits per heavy atom. The SMILES string of the molecule is CC1CCC(N2C(=O)c3ccc(C(=O)Oc4ccc(C5(c6ccc(OC(=O)c7ccc8c(c7)C(=O)N(C)C8=O)cc6)c6ccccc6-c6ccccc65)cc4)cc3C2=O)CC1. The van der Waals surface area contributed by atoms with Crippen LogP contribution in [-0.2, 0) is 5.41 Å². The second-order valence-corrected chi connectivity index (χ2v) is 16.3. The molecular formula is C51H38N2O8. The van der Waals surface area contributed by atoms with Crippen molar-refractivity contribution in [1.29, 1.82) is 0 Å². The quantitative estimate of drug-likeness (QED) is 0.0888. The highest BCUT2D eigenvalue weighted by atomic mass is 16.5. The number of fused-ring (bicyclic) bond motifs is 5. The fraction of sp³-hybridized carbons (Fsp3) is 0.176. The van der Waals surface area contributed by atoms with E-state index in [-0.39, 0.29) is 45.7 Å². The molecule has 0 saturated heterocycles. The van der Waals surface area contributed by atoms with Crippen molar-refractivity contribution < 1.29 is 38.2 Å². The van der Waals surface area contributed by atoms with Gasteiger partial charge in [-0.2, -0.15) is 0 Å². The van der Waals surface area contributed by atoms with Crippen LogP contribution in [0.5, 0.6) is 11.5 Å². The third-order valence-electron chi connectivity index (χ3n) is 12.8. The first-order valence-corrected chi connectivity index (χ1v) is 20.4. The molecule has 2 aliphatic heterocycles. The number of carbonyl (C=O) groups is 6. The van der Waals surface area contributed by atoms with E-state index in [0.29, 0.717) is 23.0 Å². The minimum Gasteiger partial charge on any atom is -0.423 e. The van der Waals surface area contributed by atoms with Crippen LogP contribution < -0.4 is 9.47 Å². The molecular weight excluding hydrogens is 769 g/mol. The molecule has 0 bridgehead atoms. The van der Waals surface area contributed by atoms with Crippen LogP contribution in [0.2, 0.25) is 0 Å². The molecule has 300 valence electrons. The van der Waals surface area contributed by atoms with Gasteiger partial charge in [0, 0.05) is 13.1 Å². The molecule has 1 saturated carbocycles. The first-order chi connectivity index (χ1) is 29.5. The summed E-state index contributed by atoms with van der Waals surface area (Å²) < 4.78 is 11.6. The molecule has 0 atom stereocenters. The summed E-state index contributed by atoms with van der Waals surface area (Å²) in [7, 11) is 1.40. The van der Waals surface area contributed by atoms with Gasteiger partial charge in [0.25, 0.3) is 23.6 Å². The van der Waals surface area contributed by atoms with Gasteiger partial charge >= 0.3 is 11.9 Å². The molecule has 0 unspecified atom stereocenters. The fourth-order valence-corrected chi connectivity index (χ4v) is 9.61. The van der Waals surface area contributed by atoms with Gasteiger partial charge in [0.05, 0.1) is 38.8 Å². The van der Waals surface area contributed by atoms with E-state index in [9.17, 15) is 28.8 Å². The Bertz CT molecular complexity index is 2830. The Balaban J connectivity index is 0.937. The van der Waals surface area contributed by atoms with Crippen LogP contribution in [0.4, 0.5) is 0 Å². The van der Waals surface area contributed by atoms with Crippen molar-refractivity contribution in [1.82, 2.24) is 9.80 Å². The lowest BCUT2D eigenvalue weighted by atomic mass is 9.68. The second-order valence-electron chi connectivity index (χ2n) is 16.3. The van der Waals surface area contributed by atoms with Gasteiger partial charge in [-0.3, -0.25) is 29.0 Å². The Morgan fingerprint density at radius 1 is 0.508 bits per heavy atom. The molecule has 61 heavy (non-hydrogen) atoms. The standard InChI is InChI=1S/C51H38N2O8/c1-29-11-19-34(20-12-29)53-47(56)40-26-14-31(28-42(40)48(53)57)50(59)61-36-23-17-33(18-24-36)51(43-9-5-3-7-37(43)38-8-4-6-10-44(38)51)32-15-21-35(22-16-32)60-49(58)30-13-25-39-41(27-30)46(55)52(2)45(39)54/h3-10,13-18,21-29,34H,11-12,19-20H2,1-2H3. The number of imide groups is 2. The molecule has 10 heteroatoms. The summed E-state index contributed by atoms with van der Waals surface area (Å²) in [6.07, 6.45) is 3.48. The van der Waals surface area contributed by atoms with Crippen LogP contribution in [-0.4, -0.2) is 58.5 Å². The number of amides is 4. The Kier molecular flexibility index (Phi) is 8.90. The van der Waals surface area contributed by atoms with Crippen molar-refractivity contribution >= 4 is 35.6 Å². The lowest BCUT2D eigenvalue weighted by Gasteiger charge is -2.34. The Labute approximate surface area is 351 Å². The molecule has 1 fully saturated rings. The van der Waals surface area contributed by atoms with Crippen LogP contribution in [0, 0.1) is 5.92 Å². The molecule has 0 spiro atoms. The van der Waals surface area contributed by atoms with Crippen LogP contribution >= 0.6 is 0 Å². The van der Waals surface area contributed by atoms with Gasteiger partial charge in [-0.05, 0) is 126 Å². The maximum Gasteiger partial charge on any atom is 0.343 e. The second kappa shape index (κ2) is 14.4. The molecule has 4 amide bonds. The van der Waals surface area contributed by atoms with E-state index < -0.39 is 29.2 Å². The van der Waals surface area contributed by atoms with Crippen molar-refractivity contribution in [3.63, 3.8) is 0 Å². The molecule has 2 aliphatic carbocycles. The minimum atomic E-state index is -0.813. The highest BCUT2D eigenvalue weighted by Crippen LogP contribution is 2.56. The lowest BCUT2D eigenvalue weighted by Crippen LogP contribution is -2.41. The summed E-state index contributed by atoms with van der Waals surface area (Å²) in [6, 6.07) is 39.8. The molecule has 10 nitrogen and oxygen atoms in total. The monoisotopic (exact) mass is 806 g/mol. The fourth-order valence-electron chi connectivity index (χ4n) is 9.61. The van der Waals surface area contributed by atoms with Gasteiger partial charge in [-0.15, -0.1) is 0 Å². The molecule has 6 aromatic carbocycles. The highest BCUT2D eigenvalue weighted by Gasteiger charge is 2.46. The zero-order valence-electron chi connectivity index (χ0n) is 33.3. The smallest absolute Gasteiger partial charge is 0.343 e. The Morgan fingerprint density at radius 3 is 1.44 bits per heavy atom. The predicted molar refractivity (Wildman–Crippen MR) is 225 cm³/mol. The molecule has 0 radical (unpaired) electrons. The summed E-state index contributed by atoms with van der Waals surface area (Å²) >= 11 is 0. The summed E-state index contributed by atoms with van der Waals surface area (Å²) in [4.78, 5) is 81.0. The number of nitrogens with zero attached hydrogens (tertiary/aromatic N) is 2. The first kappa shape index (κ1) is 37.8. The van der Waals surface area contributed by atoms with E-state index >= 15 is 0 Å². The van der Waals surface area contributed by atoms with Crippen LogP contribution in [0.3, 0.4) is 0 Å². The summed E-state index contributed by atoms with van der Waals surface area (Å²) in [5.74, 6) is -1.72. The number of ether oxygens (including phenoxy) is 2. The van der Waals surface area contributed by atoms with Gasteiger partial charge in [0.1, 0.15) is 11.5 Å². The Hall–Kier alpha value is -7.46. The van der Waals surface area contributed by atoms with Crippen molar-refractivity contribution in [3.05, 3.63) is 189 Å². The van der Waals surface area contributed by atoms with Gasteiger partial charge < -0.3 is 9.47 Å². The summed E-state index contributed by atoms with van der Waals surface area (Å²) in [5, 5.41) is 0. The molecule has 0 aromatic heterocycles. The predicted octanol–water partition coefficient (Wildman–Crippen LogP) is 8.89. The number of hydrogen-bond donors (Lipinski definition) is 0. The van der Waals surface area contributed by atoms with E-state index in [1.54, 1.807) is 30.3 Å². The molecule has 6 aromatic rings. The zero-order chi connectivity index (χ0) is 42.2. The van der Waals surface area contributed by atoms with Crippen LogP contribution in [0.1, 0.15) is 117 Å². The van der Waals surface area contributed by atoms with Gasteiger partial charge in [0.2, 0.25) is 0 Å². The number of esters is 2. The van der Waals surface area contributed by atoms with E-state index in [2.05, 4.69) is 31.2 Å². The van der Waals surface area contributed by atoms with Crippen LogP contribution in [0.15, 0.2) is 133 Å². The van der Waals surface area contributed by atoms with Crippen molar-refractivity contribution in [3.8, 4) is 22.6 Å². The van der Waals surface area contributed by atoms with Crippen molar-refractivity contribution in [2.75, 3.05) is 7.05 Å². The van der Waals surface area contributed by atoms with E-state index in [1.807, 2.05) is 48.5 Å². The van der Waals surface area contributed by atoms with E-state index in [1.165, 1.54) is 42.3 Å². The first-order valence-electron chi connectivity index (χ1n) is 20.4. The number of benzene rings is 6. The van der Waals surface area contributed by atoms with E-state index in [4.69, 9.17) is 9.47 Å². The van der Waals surface area contributed by atoms with E-state index in [0.717, 1.165) is 64.0 Å². The third kappa shape index (κ3) is 5.92. The lowest BCUT2D eigenvalue weighted by molar-refractivity contribution is 0.0531. The summed E-state index contributed by atoms with van der Waals surface area (Å²) in [6.45, 7) is 2.19. The molecule has 10 rings (SSSR count). The minimum absolute atomic E-state index is 0.137. The van der Waals surface area contributed by atoms with Gasteiger partial charge in [0.15, 0.2) is 0 Å². The van der Waals surface area contributed by atoms with Gasteiger partial charge in [-0.1, -0.05) is 79.7 Å². The average molecular weight is 807 g/mol. The number of carbonyl (C=O) groups excluding carboxylic acids is 6. The summed E-state index contributed by atoms with van der Waals surface area (Å²) in [5.41, 5.74) is 6.46. The molecule has 4 aliphatic rings. The van der Waals surface area contributed by atoms with Gasteiger partial charge in [-0.25, -0.2) is 9.59 Å². The highest BCUT2D eigenvalue weighted by molar-refractivity contribution is 6.23. The topological polar surface area (TPSA) is 127 Å². The molecule has 0 N–H and O–H groups in total. The zero-order valence-corrected chi connectivity index (χ0v) is 33.3. The maximum absolute atomic E-state index is 13.6.